The number of carbonyl (C=O) groups is 2. The Kier molecular flexibility index (Phi) is 7.07. The van der Waals surface area contributed by atoms with E-state index in [4.69, 9.17) is 10.5 Å². The van der Waals surface area contributed by atoms with E-state index in [1.54, 1.807) is 18.2 Å². The standard InChI is InChI=1S/C20H20N2O4/c1-25-19(23)17-11-10-15(13-18(17)21)7-5-6-12-22-20(24)26-14-16-8-3-2-4-9-16/h2-4,8-11,13H,6,12,14,21H2,1H3,(H,22,24). The van der Waals surface area contributed by atoms with Crippen LogP contribution in [0.2, 0.25) is 0 Å². The maximum atomic E-state index is 11.6. The molecule has 0 aliphatic heterocycles. The van der Waals surface area contributed by atoms with Gasteiger partial charge in [-0.15, -0.1) is 0 Å². The summed E-state index contributed by atoms with van der Waals surface area (Å²) in [5.41, 5.74) is 8.03. The monoisotopic (exact) mass is 352 g/mol. The number of alkyl carbamates (subject to hydrolysis) is 1. The van der Waals surface area contributed by atoms with Gasteiger partial charge in [0.2, 0.25) is 0 Å². The topological polar surface area (TPSA) is 90.6 Å². The highest BCUT2D eigenvalue weighted by molar-refractivity contribution is 5.95. The molecule has 3 N–H and O–H groups in total. The van der Waals surface area contributed by atoms with Crippen LogP contribution in [0.25, 0.3) is 0 Å². The van der Waals surface area contributed by atoms with Gasteiger partial charge in [-0.3, -0.25) is 0 Å². The second-order valence-electron chi connectivity index (χ2n) is 5.33. The maximum Gasteiger partial charge on any atom is 0.407 e. The molecule has 2 aromatic carbocycles. The fourth-order valence-electron chi connectivity index (χ4n) is 2.10. The van der Waals surface area contributed by atoms with Crippen molar-refractivity contribution in [1.82, 2.24) is 5.32 Å². The molecule has 0 aliphatic rings. The van der Waals surface area contributed by atoms with E-state index in [1.165, 1.54) is 7.11 Å². The van der Waals surface area contributed by atoms with E-state index in [1.807, 2.05) is 30.3 Å². The highest BCUT2D eigenvalue weighted by Crippen LogP contribution is 2.14. The average Bonchev–Trinajstić information content (AvgIpc) is 2.66. The highest BCUT2D eigenvalue weighted by Gasteiger charge is 2.09. The molecule has 0 aromatic heterocycles. The molecule has 0 heterocycles. The van der Waals surface area contributed by atoms with Crippen molar-refractivity contribution >= 4 is 17.7 Å². The Morgan fingerprint density at radius 1 is 1.15 bits per heavy atom. The van der Waals surface area contributed by atoms with Crippen LogP contribution in [-0.2, 0) is 16.1 Å². The molecule has 0 unspecified atom stereocenters. The summed E-state index contributed by atoms with van der Waals surface area (Å²) in [6.45, 7) is 0.598. The molecule has 0 radical (unpaired) electrons. The number of ether oxygens (including phenoxy) is 2. The van der Waals surface area contributed by atoms with Crippen LogP contribution in [0, 0.1) is 11.8 Å². The number of esters is 1. The van der Waals surface area contributed by atoms with Crippen molar-refractivity contribution in [2.24, 2.45) is 0 Å². The molecule has 0 bridgehead atoms. The van der Waals surface area contributed by atoms with E-state index in [-0.39, 0.29) is 6.61 Å². The van der Waals surface area contributed by atoms with E-state index >= 15 is 0 Å². The van der Waals surface area contributed by atoms with Crippen molar-refractivity contribution in [2.45, 2.75) is 13.0 Å². The first-order valence-electron chi connectivity index (χ1n) is 8.01. The Labute approximate surface area is 152 Å². The molecule has 6 heteroatoms. The Bertz CT molecular complexity index is 823. The van der Waals surface area contributed by atoms with Gasteiger partial charge < -0.3 is 20.5 Å². The first-order chi connectivity index (χ1) is 12.6. The number of amides is 1. The third-order valence-electron chi connectivity index (χ3n) is 3.42. The molecule has 0 spiro atoms. The molecule has 26 heavy (non-hydrogen) atoms. The van der Waals surface area contributed by atoms with E-state index in [9.17, 15) is 9.59 Å². The molecule has 0 saturated carbocycles. The Morgan fingerprint density at radius 3 is 2.62 bits per heavy atom. The van der Waals surface area contributed by atoms with Crippen LogP contribution in [0.3, 0.4) is 0 Å². The highest BCUT2D eigenvalue weighted by atomic mass is 16.5. The van der Waals surface area contributed by atoms with Gasteiger partial charge in [-0.25, -0.2) is 9.59 Å². The number of benzene rings is 2. The van der Waals surface area contributed by atoms with Crippen molar-refractivity contribution in [1.29, 1.82) is 0 Å². The second-order valence-corrected chi connectivity index (χ2v) is 5.33. The third-order valence-corrected chi connectivity index (χ3v) is 3.42. The summed E-state index contributed by atoms with van der Waals surface area (Å²) in [7, 11) is 1.30. The zero-order valence-electron chi connectivity index (χ0n) is 14.5. The summed E-state index contributed by atoms with van der Waals surface area (Å²) in [4.78, 5) is 23.0. The third kappa shape index (κ3) is 5.87. The van der Waals surface area contributed by atoms with Crippen LogP contribution >= 0.6 is 0 Å². The van der Waals surface area contributed by atoms with Crippen LogP contribution < -0.4 is 11.1 Å². The lowest BCUT2D eigenvalue weighted by molar-refractivity contribution is 0.0602. The van der Waals surface area contributed by atoms with Crippen molar-refractivity contribution in [3.8, 4) is 11.8 Å². The van der Waals surface area contributed by atoms with E-state index in [0.717, 1.165) is 5.56 Å². The quantitative estimate of drug-likeness (QED) is 0.374. The number of nitrogens with one attached hydrogen (secondary N) is 1. The number of nitrogens with two attached hydrogens (primary N) is 1. The molecule has 0 saturated heterocycles. The Balaban J connectivity index is 1.74. The van der Waals surface area contributed by atoms with E-state index < -0.39 is 12.1 Å². The van der Waals surface area contributed by atoms with E-state index in [2.05, 4.69) is 21.9 Å². The first-order valence-corrected chi connectivity index (χ1v) is 8.01. The Hall–Kier alpha value is -3.46. The predicted octanol–water partition coefficient (Wildman–Crippen LogP) is 2.72. The van der Waals surface area contributed by atoms with Gasteiger partial charge in [-0.05, 0) is 23.8 Å². The number of hydrogen-bond acceptors (Lipinski definition) is 5. The summed E-state index contributed by atoms with van der Waals surface area (Å²) in [5.74, 6) is 5.37. The number of hydrogen-bond donors (Lipinski definition) is 2. The molecule has 2 aromatic rings. The van der Waals surface area contributed by atoms with Crippen molar-refractivity contribution in [2.75, 3.05) is 19.4 Å². The van der Waals surface area contributed by atoms with Gasteiger partial charge >= 0.3 is 12.1 Å². The van der Waals surface area contributed by atoms with Gasteiger partial charge in [0.1, 0.15) is 6.61 Å². The molecular weight excluding hydrogens is 332 g/mol. The van der Waals surface area contributed by atoms with Crippen molar-refractivity contribution < 1.29 is 19.1 Å². The lowest BCUT2D eigenvalue weighted by Crippen LogP contribution is -2.24. The minimum Gasteiger partial charge on any atom is -0.465 e. The van der Waals surface area contributed by atoms with Gasteiger partial charge in [0, 0.05) is 24.2 Å². The summed E-state index contributed by atoms with van der Waals surface area (Å²) in [5, 5.41) is 2.63. The van der Waals surface area contributed by atoms with Gasteiger partial charge in [-0.2, -0.15) is 0 Å². The fraction of sp³-hybridized carbons (Fsp3) is 0.200. The van der Waals surface area contributed by atoms with E-state index in [0.29, 0.717) is 29.8 Å². The number of methoxy groups -OCH3 is 1. The fourth-order valence-corrected chi connectivity index (χ4v) is 2.10. The van der Waals surface area contributed by atoms with Crippen LogP contribution in [0.15, 0.2) is 48.5 Å². The van der Waals surface area contributed by atoms with Gasteiger partial charge in [0.25, 0.3) is 0 Å². The molecule has 0 fully saturated rings. The van der Waals surface area contributed by atoms with Gasteiger partial charge in [0.15, 0.2) is 0 Å². The summed E-state index contributed by atoms with van der Waals surface area (Å²) >= 11 is 0. The number of carbonyl (C=O) groups excluding carboxylic acids is 2. The number of nitrogen functional groups attached to an aromatic ring is 1. The molecule has 0 atom stereocenters. The van der Waals surface area contributed by atoms with Gasteiger partial charge in [-0.1, -0.05) is 42.2 Å². The summed E-state index contributed by atoms with van der Waals surface area (Å²) in [6.07, 6.45) is -0.0265. The SMILES string of the molecule is COC(=O)c1ccc(C#CCCNC(=O)OCc2ccccc2)cc1N. The first kappa shape index (κ1) is 18.9. The molecule has 0 aliphatic carbocycles. The van der Waals surface area contributed by atoms with Crippen LogP contribution in [-0.4, -0.2) is 25.7 Å². The normalized spacial score (nSPS) is 9.58. The van der Waals surface area contributed by atoms with Crippen molar-refractivity contribution in [3.05, 3.63) is 65.2 Å². The van der Waals surface area contributed by atoms with Gasteiger partial charge in [0.05, 0.1) is 12.7 Å². The predicted molar refractivity (Wildman–Crippen MR) is 98.3 cm³/mol. The average molecular weight is 352 g/mol. The smallest absolute Gasteiger partial charge is 0.407 e. The molecule has 6 nitrogen and oxygen atoms in total. The zero-order chi connectivity index (χ0) is 18.8. The molecule has 1 amide bonds. The van der Waals surface area contributed by atoms with Crippen LogP contribution in [0.4, 0.5) is 10.5 Å². The van der Waals surface area contributed by atoms with Crippen LogP contribution in [0.5, 0.6) is 0 Å². The molecule has 2 rings (SSSR count). The molecule has 134 valence electrons. The minimum absolute atomic E-state index is 0.226. The van der Waals surface area contributed by atoms with Crippen LogP contribution in [0.1, 0.15) is 27.9 Å². The zero-order valence-corrected chi connectivity index (χ0v) is 14.5. The second kappa shape index (κ2) is 9.74. The maximum absolute atomic E-state index is 11.6. The lowest BCUT2D eigenvalue weighted by Gasteiger charge is -2.05. The minimum atomic E-state index is -0.486. The van der Waals surface area contributed by atoms with Crippen molar-refractivity contribution in [3.63, 3.8) is 0 Å². The largest absolute Gasteiger partial charge is 0.465 e. The number of anilines is 1. The number of rotatable bonds is 5. The molecular formula is C20H20N2O4. The lowest BCUT2D eigenvalue weighted by atomic mass is 10.1. The summed E-state index contributed by atoms with van der Waals surface area (Å²) in [6, 6.07) is 14.3. The Morgan fingerprint density at radius 2 is 1.92 bits per heavy atom. The summed E-state index contributed by atoms with van der Waals surface area (Å²) < 4.78 is 9.73.